The first-order chi connectivity index (χ1) is 7.60. The van der Waals surface area contributed by atoms with Crippen LogP contribution in [0.1, 0.15) is 0 Å². The van der Waals surface area contributed by atoms with Crippen molar-refractivity contribution in [1.29, 1.82) is 0 Å². The molecule has 0 aliphatic rings. The predicted molar refractivity (Wildman–Crippen MR) is 70.7 cm³/mol. The van der Waals surface area contributed by atoms with Crippen LogP contribution in [-0.4, -0.2) is 6.66 Å². The average molecular weight is 251 g/mol. The summed E-state index contributed by atoms with van der Waals surface area (Å²) in [5.74, 6) is 0. The van der Waals surface area contributed by atoms with Gasteiger partial charge in [-0.3, -0.25) is 0 Å². The summed E-state index contributed by atoms with van der Waals surface area (Å²) in [4.78, 5) is 0. The van der Waals surface area contributed by atoms with E-state index in [2.05, 4.69) is 0 Å². The Morgan fingerprint density at radius 1 is 0.875 bits per heavy atom. The standard InChI is InChI=1S/C13H12ClOP/c1-16(15,12-5-3-2-4-6-12)13-9-7-11(14)8-10-13/h2-10H,1H3. The molecule has 0 bridgehead atoms. The van der Waals surface area contributed by atoms with Crippen molar-refractivity contribution in [3.63, 3.8) is 0 Å². The molecular formula is C13H12ClOP. The zero-order valence-electron chi connectivity index (χ0n) is 8.93. The Labute approximate surface area is 100 Å². The lowest BCUT2D eigenvalue weighted by Crippen LogP contribution is -2.14. The van der Waals surface area contributed by atoms with Gasteiger partial charge in [-0.15, -0.1) is 0 Å². The molecule has 0 saturated carbocycles. The molecule has 0 aliphatic carbocycles. The Bertz CT molecular complexity index is 519. The molecule has 2 aromatic rings. The van der Waals surface area contributed by atoms with Gasteiger partial charge in [0.2, 0.25) is 0 Å². The first-order valence-corrected chi connectivity index (χ1v) is 7.53. The van der Waals surface area contributed by atoms with Crippen molar-refractivity contribution in [2.75, 3.05) is 6.66 Å². The molecule has 3 heteroatoms. The van der Waals surface area contributed by atoms with Gasteiger partial charge < -0.3 is 4.57 Å². The second-order valence-electron chi connectivity index (χ2n) is 3.74. The van der Waals surface area contributed by atoms with E-state index in [1.807, 2.05) is 42.5 Å². The van der Waals surface area contributed by atoms with Crippen LogP contribution >= 0.6 is 18.7 Å². The zero-order valence-corrected chi connectivity index (χ0v) is 10.6. The fraction of sp³-hybridized carbons (Fsp3) is 0.0769. The number of halogens is 1. The summed E-state index contributed by atoms with van der Waals surface area (Å²) in [6.45, 7) is 1.78. The minimum atomic E-state index is -2.48. The predicted octanol–water partition coefficient (Wildman–Crippen LogP) is 3.28. The number of rotatable bonds is 2. The van der Waals surface area contributed by atoms with Crippen molar-refractivity contribution in [3.8, 4) is 0 Å². The normalized spacial score (nSPS) is 14.4. The highest BCUT2D eigenvalue weighted by molar-refractivity contribution is 7.78. The lowest BCUT2D eigenvalue weighted by molar-refractivity contribution is 0.590. The number of hydrogen-bond donors (Lipinski definition) is 0. The molecule has 0 amide bonds. The van der Waals surface area contributed by atoms with Crippen LogP contribution in [0.2, 0.25) is 5.02 Å². The van der Waals surface area contributed by atoms with Crippen molar-refractivity contribution in [2.45, 2.75) is 0 Å². The molecular weight excluding hydrogens is 239 g/mol. The van der Waals surface area contributed by atoms with E-state index < -0.39 is 7.14 Å². The van der Waals surface area contributed by atoms with Crippen LogP contribution in [0.15, 0.2) is 54.6 Å². The first kappa shape index (κ1) is 11.4. The molecule has 16 heavy (non-hydrogen) atoms. The summed E-state index contributed by atoms with van der Waals surface area (Å²) in [6, 6.07) is 16.7. The third-order valence-corrected chi connectivity index (χ3v) is 5.39. The lowest BCUT2D eigenvalue weighted by atomic mass is 10.4. The van der Waals surface area contributed by atoms with Crippen LogP contribution in [0.5, 0.6) is 0 Å². The van der Waals surface area contributed by atoms with E-state index >= 15 is 0 Å². The lowest BCUT2D eigenvalue weighted by Gasteiger charge is -2.13. The quantitative estimate of drug-likeness (QED) is 0.748. The third kappa shape index (κ3) is 2.21. The molecule has 0 spiro atoms. The maximum atomic E-state index is 12.7. The van der Waals surface area contributed by atoms with E-state index in [1.165, 1.54) is 0 Å². The highest BCUT2D eigenvalue weighted by Gasteiger charge is 2.20. The first-order valence-electron chi connectivity index (χ1n) is 5.00. The Kier molecular flexibility index (Phi) is 3.18. The molecule has 0 fully saturated rings. The van der Waals surface area contributed by atoms with Gasteiger partial charge in [0.25, 0.3) is 0 Å². The van der Waals surface area contributed by atoms with Gasteiger partial charge >= 0.3 is 0 Å². The van der Waals surface area contributed by atoms with Crippen LogP contribution in [0.4, 0.5) is 0 Å². The maximum absolute atomic E-state index is 12.7. The summed E-state index contributed by atoms with van der Waals surface area (Å²) < 4.78 is 12.7. The van der Waals surface area contributed by atoms with Crippen molar-refractivity contribution >= 4 is 29.4 Å². The van der Waals surface area contributed by atoms with E-state index in [4.69, 9.17) is 11.6 Å². The zero-order chi connectivity index (χ0) is 11.6. The van der Waals surface area contributed by atoms with Crippen LogP contribution in [0.3, 0.4) is 0 Å². The third-order valence-electron chi connectivity index (χ3n) is 2.57. The summed E-state index contributed by atoms with van der Waals surface area (Å²) in [7, 11) is -2.48. The van der Waals surface area contributed by atoms with E-state index in [1.54, 1.807) is 18.8 Å². The van der Waals surface area contributed by atoms with Gasteiger partial charge in [-0.1, -0.05) is 41.9 Å². The molecule has 0 N–H and O–H groups in total. The van der Waals surface area contributed by atoms with Gasteiger partial charge in [-0.05, 0) is 30.9 Å². The molecule has 0 radical (unpaired) electrons. The molecule has 82 valence electrons. The van der Waals surface area contributed by atoms with E-state index in [0.29, 0.717) is 5.02 Å². The molecule has 0 aliphatic heterocycles. The highest BCUT2D eigenvalue weighted by atomic mass is 35.5. The Morgan fingerprint density at radius 2 is 1.38 bits per heavy atom. The topological polar surface area (TPSA) is 17.1 Å². The van der Waals surface area contributed by atoms with Crippen LogP contribution < -0.4 is 10.6 Å². The van der Waals surface area contributed by atoms with Gasteiger partial charge in [0.15, 0.2) is 0 Å². The summed E-state index contributed by atoms with van der Waals surface area (Å²) in [6.07, 6.45) is 0. The molecule has 1 atom stereocenters. The van der Waals surface area contributed by atoms with Crippen LogP contribution in [0.25, 0.3) is 0 Å². The molecule has 0 aromatic heterocycles. The van der Waals surface area contributed by atoms with E-state index in [-0.39, 0.29) is 0 Å². The van der Waals surface area contributed by atoms with Crippen LogP contribution in [-0.2, 0) is 4.57 Å². The minimum Gasteiger partial charge on any atom is -0.314 e. The van der Waals surface area contributed by atoms with Gasteiger partial charge in [0.05, 0.1) is 0 Å². The fourth-order valence-electron chi connectivity index (χ4n) is 1.59. The molecule has 1 nitrogen and oxygen atoms in total. The molecule has 2 aromatic carbocycles. The number of hydrogen-bond acceptors (Lipinski definition) is 1. The highest BCUT2D eigenvalue weighted by Crippen LogP contribution is 2.38. The van der Waals surface area contributed by atoms with Crippen molar-refractivity contribution in [1.82, 2.24) is 0 Å². The van der Waals surface area contributed by atoms with Gasteiger partial charge in [-0.25, -0.2) is 0 Å². The average Bonchev–Trinajstić information content (AvgIpc) is 2.31. The van der Waals surface area contributed by atoms with Crippen molar-refractivity contribution in [3.05, 3.63) is 59.6 Å². The largest absolute Gasteiger partial charge is 0.314 e. The summed E-state index contributed by atoms with van der Waals surface area (Å²) in [5.41, 5.74) is 0. The molecule has 0 saturated heterocycles. The second kappa shape index (κ2) is 4.45. The van der Waals surface area contributed by atoms with Crippen molar-refractivity contribution in [2.24, 2.45) is 0 Å². The molecule has 2 rings (SSSR count). The Balaban J connectivity index is 2.47. The van der Waals surface area contributed by atoms with Gasteiger partial charge in [-0.2, -0.15) is 0 Å². The second-order valence-corrected chi connectivity index (χ2v) is 7.05. The maximum Gasteiger partial charge on any atom is 0.140 e. The molecule has 0 heterocycles. The van der Waals surface area contributed by atoms with Gasteiger partial charge in [0, 0.05) is 15.6 Å². The van der Waals surface area contributed by atoms with Gasteiger partial charge in [0.1, 0.15) is 7.14 Å². The smallest absolute Gasteiger partial charge is 0.140 e. The number of benzene rings is 2. The minimum absolute atomic E-state index is 0.664. The van der Waals surface area contributed by atoms with E-state index in [0.717, 1.165) is 10.6 Å². The SMILES string of the molecule is CP(=O)(c1ccccc1)c1ccc(Cl)cc1. The Hall–Kier alpha value is -1.04. The summed E-state index contributed by atoms with van der Waals surface area (Å²) >= 11 is 5.82. The monoisotopic (exact) mass is 250 g/mol. The Morgan fingerprint density at radius 3 is 1.94 bits per heavy atom. The van der Waals surface area contributed by atoms with Crippen LogP contribution in [0, 0.1) is 0 Å². The molecule has 1 unspecified atom stereocenters. The fourth-order valence-corrected chi connectivity index (χ4v) is 3.47. The van der Waals surface area contributed by atoms with Crippen molar-refractivity contribution < 1.29 is 4.57 Å². The summed E-state index contributed by atoms with van der Waals surface area (Å²) in [5, 5.41) is 2.37. The van der Waals surface area contributed by atoms with E-state index in [9.17, 15) is 4.57 Å².